The predicted molar refractivity (Wildman–Crippen MR) is 132 cm³/mol. The molecule has 3 rings (SSSR count). The van der Waals surface area contributed by atoms with Gasteiger partial charge in [-0.3, -0.25) is 0 Å². The molecule has 0 spiro atoms. The predicted octanol–water partition coefficient (Wildman–Crippen LogP) is 9.56. The minimum atomic E-state index is -8.92. The van der Waals surface area contributed by atoms with E-state index < -0.39 is 57.1 Å². The minimum absolute atomic E-state index is 0.255. The van der Waals surface area contributed by atoms with Gasteiger partial charge in [0.2, 0.25) is 0 Å². The molecule has 0 aliphatic rings. The summed E-state index contributed by atoms with van der Waals surface area (Å²) >= 11 is 0. The van der Waals surface area contributed by atoms with Crippen LogP contribution in [0.3, 0.4) is 0 Å². The standard InChI is InChI=1S/C18H13F2S.C8HF17O3S/c19-14-6-10-17(11-7-14)21(16-4-2-1-3-5-16)18-12-8-15(20)9-13-18;9-1(10,3(13,14)5(17,18)7(21,22)23)2(11,12)4(15,16)6(19,20)8(24,25)29(26,27)28/h1-13H;(H,26,27,28)/q+1;/p-1. The molecule has 0 saturated carbocycles. The van der Waals surface area contributed by atoms with Crippen LogP contribution in [0.25, 0.3) is 0 Å². The van der Waals surface area contributed by atoms with E-state index in [4.69, 9.17) is 0 Å². The van der Waals surface area contributed by atoms with Crippen molar-refractivity contribution in [3.05, 3.63) is 90.5 Å². The third-order valence-corrected chi connectivity index (χ3v) is 9.20. The van der Waals surface area contributed by atoms with Crippen LogP contribution in [-0.4, -0.2) is 59.9 Å². The third-order valence-electron chi connectivity index (χ3n) is 6.08. The van der Waals surface area contributed by atoms with Crippen molar-refractivity contribution < 1.29 is 96.4 Å². The fourth-order valence-corrected chi connectivity index (χ4v) is 5.92. The first-order valence-electron chi connectivity index (χ1n) is 12.2. The SMILES string of the molecule is Fc1ccc([S+](c2ccccc2)c2ccc(F)cc2)cc1.O=S(=O)([O-])C(F)(F)C(F)(F)C(F)(F)C(F)(F)C(F)(F)C(F)(F)C(F)(F)C(F)(F)F. The Hall–Kier alpha value is -3.41. The minimum Gasteiger partial charge on any atom is -0.743 e. The Morgan fingerprint density at radius 1 is 0.420 bits per heavy atom. The molecule has 0 saturated heterocycles. The van der Waals surface area contributed by atoms with Crippen molar-refractivity contribution in [2.24, 2.45) is 0 Å². The molecule has 0 aliphatic heterocycles. The van der Waals surface area contributed by atoms with E-state index in [1.54, 1.807) is 24.3 Å². The maximum Gasteiger partial charge on any atom is 0.460 e. The maximum atomic E-state index is 13.2. The molecule has 3 nitrogen and oxygen atoms in total. The molecule has 0 bridgehead atoms. The quantitative estimate of drug-likeness (QED) is 0.117. The Kier molecular flexibility index (Phi) is 11.6. The smallest absolute Gasteiger partial charge is 0.460 e. The van der Waals surface area contributed by atoms with Crippen LogP contribution in [0.4, 0.5) is 83.4 Å². The number of benzene rings is 3. The molecular weight excluding hydrogens is 785 g/mol. The van der Waals surface area contributed by atoms with Gasteiger partial charge in [-0.25, -0.2) is 17.2 Å². The maximum absolute atomic E-state index is 13.2. The van der Waals surface area contributed by atoms with Gasteiger partial charge in [0.05, 0.1) is 10.9 Å². The van der Waals surface area contributed by atoms with Crippen molar-refractivity contribution in [2.45, 2.75) is 61.7 Å². The van der Waals surface area contributed by atoms with Crippen LogP contribution in [0.5, 0.6) is 0 Å². The number of hydrogen-bond donors (Lipinski definition) is 0. The van der Waals surface area contributed by atoms with Gasteiger partial charge < -0.3 is 4.55 Å². The van der Waals surface area contributed by atoms with Crippen LogP contribution in [0.1, 0.15) is 0 Å². The first kappa shape index (κ1) is 42.8. The Morgan fingerprint density at radius 2 is 0.700 bits per heavy atom. The van der Waals surface area contributed by atoms with Crippen LogP contribution in [0, 0.1) is 11.6 Å². The number of alkyl halides is 17. The van der Waals surface area contributed by atoms with Gasteiger partial charge in [-0.2, -0.15) is 74.6 Å². The van der Waals surface area contributed by atoms with E-state index >= 15 is 0 Å². The fourth-order valence-electron chi connectivity index (χ4n) is 3.41. The van der Waals surface area contributed by atoms with Crippen LogP contribution >= 0.6 is 0 Å². The van der Waals surface area contributed by atoms with E-state index in [0.717, 1.165) is 14.7 Å². The summed E-state index contributed by atoms with van der Waals surface area (Å²) in [5, 5.41) is -7.95. The molecule has 280 valence electrons. The molecule has 50 heavy (non-hydrogen) atoms. The highest BCUT2D eigenvalue weighted by atomic mass is 32.2. The second kappa shape index (κ2) is 13.6. The van der Waals surface area contributed by atoms with Gasteiger partial charge in [-0.15, -0.1) is 0 Å². The monoisotopic (exact) mass is 798 g/mol. The largest absolute Gasteiger partial charge is 0.743 e. The van der Waals surface area contributed by atoms with Crippen molar-refractivity contribution in [1.29, 1.82) is 0 Å². The number of halogens is 19. The zero-order valence-corrected chi connectivity index (χ0v) is 24.9. The summed E-state index contributed by atoms with van der Waals surface area (Å²) in [5.74, 6) is -52.7. The van der Waals surface area contributed by atoms with E-state index in [9.17, 15) is 96.4 Å². The lowest BCUT2D eigenvalue weighted by molar-refractivity contribution is -0.458. The van der Waals surface area contributed by atoms with Crippen molar-refractivity contribution in [3.8, 4) is 0 Å². The molecule has 0 unspecified atom stereocenters. The summed E-state index contributed by atoms with van der Waals surface area (Å²) in [6.07, 6.45) is -7.89. The van der Waals surface area contributed by atoms with Gasteiger partial charge in [0, 0.05) is 0 Å². The summed E-state index contributed by atoms with van der Waals surface area (Å²) in [5.41, 5.74) is 0. The first-order valence-corrected chi connectivity index (χ1v) is 14.8. The topological polar surface area (TPSA) is 57.2 Å². The molecule has 0 heterocycles. The second-order valence-corrected chi connectivity index (χ2v) is 12.9. The van der Waals surface area contributed by atoms with E-state index in [-0.39, 0.29) is 22.5 Å². The Morgan fingerprint density at radius 3 is 1.00 bits per heavy atom. The Bertz CT molecular complexity index is 1660. The van der Waals surface area contributed by atoms with Gasteiger partial charge >= 0.3 is 47.0 Å². The first-order chi connectivity index (χ1) is 22.2. The average Bonchev–Trinajstić information content (AvgIpc) is 2.98. The molecular formula is C26H13F19O3S2. The average molecular weight is 798 g/mol. The highest BCUT2D eigenvalue weighted by Crippen LogP contribution is 2.64. The molecule has 0 atom stereocenters. The van der Waals surface area contributed by atoms with Gasteiger partial charge in [0.15, 0.2) is 24.8 Å². The van der Waals surface area contributed by atoms with Crippen LogP contribution in [0.15, 0.2) is 93.5 Å². The lowest BCUT2D eigenvalue weighted by Crippen LogP contribution is -2.75. The molecule has 3 aromatic carbocycles. The Labute approximate surface area is 269 Å². The van der Waals surface area contributed by atoms with Gasteiger partial charge in [-0.1, -0.05) is 18.2 Å². The number of rotatable bonds is 10. The van der Waals surface area contributed by atoms with Crippen molar-refractivity contribution >= 4 is 21.0 Å². The molecule has 24 heteroatoms. The molecule has 0 radical (unpaired) electrons. The lowest BCUT2D eigenvalue weighted by Gasteiger charge is -2.42. The van der Waals surface area contributed by atoms with Crippen LogP contribution in [-0.2, 0) is 21.0 Å². The molecule has 0 amide bonds. The highest BCUT2D eigenvalue weighted by molar-refractivity contribution is 7.97. The van der Waals surface area contributed by atoms with Gasteiger partial charge in [0.1, 0.15) is 11.6 Å². The zero-order valence-electron chi connectivity index (χ0n) is 23.2. The molecule has 0 N–H and O–H groups in total. The summed E-state index contributed by atoms with van der Waals surface area (Å²) in [4.78, 5) is 3.14. The zero-order chi connectivity index (χ0) is 39.2. The summed E-state index contributed by atoms with van der Waals surface area (Å²) < 4.78 is 270. The van der Waals surface area contributed by atoms with Crippen LogP contribution in [0.2, 0.25) is 0 Å². The number of hydrogen-bond acceptors (Lipinski definition) is 3. The van der Waals surface area contributed by atoms with Crippen molar-refractivity contribution in [2.75, 3.05) is 0 Å². The van der Waals surface area contributed by atoms with Crippen molar-refractivity contribution in [3.63, 3.8) is 0 Å². The summed E-state index contributed by atoms with van der Waals surface area (Å²) in [6.45, 7) is 0. The lowest BCUT2D eigenvalue weighted by atomic mass is 9.91. The van der Waals surface area contributed by atoms with E-state index in [1.165, 1.54) is 24.3 Å². The van der Waals surface area contributed by atoms with E-state index in [2.05, 4.69) is 0 Å². The normalized spacial score (nSPS) is 14.3. The second-order valence-electron chi connectivity index (χ2n) is 9.44. The molecule has 0 aliphatic carbocycles. The van der Waals surface area contributed by atoms with Gasteiger partial charge in [0.25, 0.3) is 0 Å². The van der Waals surface area contributed by atoms with Crippen molar-refractivity contribution in [1.82, 2.24) is 0 Å². The van der Waals surface area contributed by atoms with Gasteiger partial charge in [-0.05, 0) is 60.7 Å². The summed E-state index contributed by atoms with van der Waals surface area (Å²) in [6, 6.07) is 23.0. The van der Waals surface area contributed by atoms with E-state index in [0.29, 0.717) is 0 Å². The molecule has 0 fully saturated rings. The fraction of sp³-hybridized carbons (Fsp3) is 0.308. The Balaban J connectivity index is 0.000000361. The summed E-state index contributed by atoms with van der Waals surface area (Å²) in [7, 11) is -8.51. The third kappa shape index (κ3) is 7.19. The van der Waals surface area contributed by atoms with E-state index in [1.807, 2.05) is 30.3 Å². The molecule has 3 aromatic rings. The van der Waals surface area contributed by atoms with Crippen LogP contribution < -0.4 is 0 Å². The molecule has 0 aromatic heterocycles. The highest BCUT2D eigenvalue weighted by Gasteiger charge is 2.95.